The average molecular weight is 459 g/mol. The number of nitrogens with zero attached hydrogens (tertiary/aromatic N) is 2. The van der Waals surface area contributed by atoms with Crippen LogP contribution in [0.4, 0.5) is 0 Å². The quantitative estimate of drug-likeness (QED) is 0.521. The number of carbonyl (C=O) groups is 2. The van der Waals surface area contributed by atoms with Gasteiger partial charge < -0.3 is 19.0 Å². The number of thiophene rings is 1. The van der Waals surface area contributed by atoms with Crippen LogP contribution in [0, 0.1) is 0 Å². The standard InChI is InChI=1S/C23H23ClN2O4S/c1-16(27)25(13-19-3-2-11-29-19)14-23(28)26-10-8-22-20(9-12-31-22)21(26)15-30-18-6-4-17(24)5-7-18/h2-7,9,11-12,21H,8,10,13-15H2,1H3/t21-/m1/s1. The molecule has 8 heteroatoms. The van der Waals surface area contributed by atoms with Crippen molar-refractivity contribution < 1.29 is 18.7 Å². The van der Waals surface area contributed by atoms with Crippen LogP contribution in [0.15, 0.2) is 58.5 Å². The second-order valence-corrected chi connectivity index (χ2v) is 8.81. The predicted octanol–water partition coefficient (Wildman–Crippen LogP) is 4.55. The molecule has 1 aliphatic rings. The number of amides is 2. The Labute approximate surface area is 190 Å². The Hall–Kier alpha value is -2.77. The molecule has 1 aromatic carbocycles. The van der Waals surface area contributed by atoms with Gasteiger partial charge in [-0.3, -0.25) is 9.59 Å². The number of carbonyl (C=O) groups excluding carboxylic acids is 2. The molecule has 31 heavy (non-hydrogen) atoms. The van der Waals surface area contributed by atoms with Gasteiger partial charge in [-0.05, 0) is 59.8 Å². The van der Waals surface area contributed by atoms with Gasteiger partial charge in [0.15, 0.2) is 0 Å². The van der Waals surface area contributed by atoms with Gasteiger partial charge >= 0.3 is 0 Å². The fourth-order valence-corrected chi connectivity index (χ4v) is 4.76. The van der Waals surface area contributed by atoms with Gasteiger partial charge in [0.1, 0.15) is 24.7 Å². The Bertz CT molecular complexity index is 1030. The van der Waals surface area contributed by atoms with E-state index in [9.17, 15) is 9.59 Å². The van der Waals surface area contributed by atoms with Crippen molar-refractivity contribution >= 4 is 34.8 Å². The van der Waals surface area contributed by atoms with Crippen molar-refractivity contribution in [2.45, 2.75) is 25.9 Å². The molecule has 3 heterocycles. The zero-order valence-electron chi connectivity index (χ0n) is 17.1. The molecule has 0 saturated carbocycles. The molecule has 0 bridgehead atoms. The van der Waals surface area contributed by atoms with E-state index in [0.29, 0.717) is 29.7 Å². The molecule has 1 atom stereocenters. The Kier molecular flexibility index (Phi) is 6.63. The molecule has 2 amide bonds. The highest BCUT2D eigenvalue weighted by Gasteiger charge is 2.33. The highest BCUT2D eigenvalue weighted by atomic mass is 35.5. The lowest BCUT2D eigenvalue weighted by atomic mass is 10.0. The first kappa shape index (κ1) is 21.5. The van der Waals surface area contributed by atoms with Gasteiger partial charge in [-0.2, -0.15) is 0 Å². The minimum absolute atomic E-state index is 0.00700. The number of benzene rings is 1. The SMILES string of the molecule is CC(=O)N(CC(=O)N1CCc2sccc2[C@H]1COc1ccc(Cl)cc1)Cc1ccco1. The molecule has 0 spiro atoms. The number of ether oxygens (including phenoxy) is 1. The van der Waals surface area contributed by atoms with Gasteiger partial charge in [0.25, 0.3) is 0 Å². The van der Waals surface area contributed by atoms with Gasteiger partial charge in [-0.1, -0.05) is 11.6 Å². The zero-order chi connectivity index (χ0) is 21.8. The second-order valence-electron chi connectivity index (χ2n) is 7.37. The highest BCUT2D eigenvalue weighted by Crippen LogP contribution is 2.34. The monoisotopic (exact) mass is 458 g/mol. The van der Waals surface area contributed by atoms with E-state index >= 15 is 0 Å². The fourth-order valence-electron chi connectivity index (χ4n) is 3.70. The summed E-state index contributed by atoms with van der Waals surface area (Å²) in [5.41, 5.74) is 1.11. The third-order valence-electron chi connectivity index (χ3n) is 5.33. The van der Waals surface area contributed by atoms with Crippen LogP contribution < -0.4 is 4.74 Å². The van der Waals surface area contributed by atoms with Crippen molar-refractivity contribution in [1.29, 1.82) is 0 Å². The third kappa shape index (κ3) is 5.11. The molecule has 0 fully saturated rings. The van der Waals surface area contributed by atoms with Gasteiger partial charge in [-0.25, -0.2) is 0 Å². The molecule has 2 aromatic heterocycles. The average Bonchev–Trinajstić information content (AvgIpc) is 3.44. The van der Waals surface area contributed by atoms with Crippen LogP contribution in [0.5, 0.6) is 5.75 Å². The van der Waals surface area contributed by atoms with Crippen LogP contribution in [0.3, 0.4) is 0 Å². The maximum Gasteiger partial charge on any atom is 0.242 e. The molecule has 1 aliphatic heterocycles. The van der Waals surface area contributed by atoms with Crippen LogP contribution in [0.25, 0.3) is 0 Å². The van der Waals surface area contributed by atoms with E-state index in [-0.39, 0.29) is 30.9 Å². The van der Waals surface area contributed by atoms with E-state index in [0.717, 1.165) is 12.0 Å². The first-order chi connectivity index (χ1) is 15.0. The fraction of sp³-hybridized carbons (Fsp3) is 0.304. The molecule has 4 rings (SSSR count). The number of fused-ring (bicyclic) bond motifs is 1. The lowest BCUT2D eigenvalue weighted by Gasteiger charge is -2.37. The first-order valence-electron chi connectivity index (χ1n) is 10.0. The largest absolute Gasteiger partial charge is 0.491 e. The number of furan rings is 1. The van der Waals surface area contributed by atoms with Crippen LogP contribution in [0.2, 0.25) is 5.02 Å². The molecule has 0 radical (unpaired) electrons. The van der Waals surface area contributed by atoms with Crippen LogP contribution in [-0.2, 0) is 22.6 Å². The summed E-state index contributed by atoms with van der Waals surface area (Å²) in [6, 6.07) is 12.6. The highest BCUT2D eigenvalue weighted by molar-refractivity contribution is 7.10. The van der Waals surface area contributed by atoms with E-state index in [1.165, 1.54) is 16.7 Å². The summed E-state index contributed by atoms with van der Waals surface area (Å²) in [6.07, 6.45) is 2.36. The third-order valence-corrected chi connectivity index (χ3v) is 6.58. The topological polar surface area (TPSA) is 63.0 Å². The number of halogens is 1. The Morgan fingerprint density at radius 1 is 1.26 bits per heavy atom. The molecule has 0 saturated heterocycles. The molecule has 162 valence electrons. The van der Waals surface area contributed by atoms with Crippen molar-refractivity contribution in [3.63, 3.8) is 0 Å². The van der Waals surface area contributed by atoms with Crippen LogP contribution in [0.1, 0.15) is 29.2 Å². The summed E-state index contributed by atoms with van der Waals surface area (Å²) in [5, 5.41) is 2.69. The Morgan fingerprint density at radius 3 is 2.77 bits per heavy atom. The molecule has 6 nitrogen and oxygen atoms in total. The van der Waals surface area contributed by atoms with Crippen molar-refractivity contribution in [1.82, 2.24) is 9.80 Å². The van der Waals surface area contributed by atoms with E-state index < -0.39 is 0 Å². The van der Waals surface area contributed by atoms with Crippen molar-refractivity contribution in [3.8, 4) is 5.75 Å². The number of rotatable bonds is 7. The van der Waals surface area contributed by atoms with E-state index in [1.807, 2.05) is 22.4 Å². The van der Waals surface area contributed by atoms with Crippen molar-refractivity contribution in [2.24, 2.45) is 0 Å². The lowest BCUT2D eigenvalue weighted by molar-refractivity contribution is -0.142. The van der Waals surface area contributed by atoms with E-state index in [4.69, 9.17) is 20.8 Å². The maximum absolute atomic E-state index is 13.3. The number of hydrogen-bond donors (Lipinski definition) is 0. The Balaban J connectivity index is 1.49. The Morgan fingerprint density at radius 2 is 2.06 bits per heavy atom. The van der Waals surface area contributed by atoms with Crippen LogP contribution in [-0.4, -0.2) is 41.3 Å². The molecule has 0 aliphatic carbocycles. The first-order valence-corrected chi connectivity index (χ1v) is 11.3. The van der Waals surface area contributed by atoms with Gasteiger partial charge in [-0.15, -0.1) is 11.3 Å². The summed E-state index contributed by atoms with van der Waals surface area (Å²) >= 11 is 7.66. The maximum atomic E-state index is 13.3. The molecule has 3 aromatic rings. The summed E-state index contributed by atoms with van der Waals surface area (Å²) < 4.78 is 11.3. The molecular weight excluding hydrogens is 436 g/mol. The summed E-state index contributed by atoms with van der Waals surface area (Å²) in [4.78, 5) is 30.0. The van der Waals surface area contributed by atoms with E-state index in [1.54, 1.807) is 41.9 Å². The van der Waals surface area contributed by atoms with Crippen LogP contribution >= 0.6 is 22.9 Å². The minimum atomic E-state index is -0.212. The number of hydrogen-bond acceptors (Lipinski definition) is 5. The predicted molar refractivity (Wildman–Crippen MR) is 119 cm³/mol. The van der Waals surface area contributed by atoms with Gasteiger partial charge in [0.05, 0.1) is 18.8 Å². The normalized spacial score (nSPS) is 15.4. The van der Waals surface area contributed by atoms with E-state index in [2.05, 4.69) is 6.07 Å². The molecular formula is C23H23ClN2O4S. The summed E-state index contributed by atoms with van der Waals surface area (Å²) in [5.74, 6) is 1.06. The summed E-state index contributed by atoms with van der Waals surface area (Å²) in [7, 11) is 0. The zero-order valence-corrected chi connectivity index (χ0v) is 18.7. The minimum Gasteiger partial charge on any atom is -0.491 e. The van der Waals surface area contributed by atoms with Crippen molar-refractivity contribution in [3.05, 3.63) is 75.3 Å². The van der Waals surface area contributed by atoms with Gasteiger partial charge in [0.2, 0.25) is 11.8 Å². The summed E-state index contributed by atoms with van der Waals surface area (Å²) in [6.45, 7) is 2.64. The molecule has 0 N–H and O–H groups in total. The lowest BCUT2D eigenvalue weighted by Crippen LogP contribution is -2.47. The molecule has 0 unspecified atom stereocenters. The smallest absolute Gasteiger partial charge is 0.242 e. The van der Waals surface area contributed by atoms with Gasteiger partial charge in [0, 0.05) is 23.4 Å². The second kappa shape index (κ2) is 9.58. The van der Waals surface area contributed by atoms with Crippen molar-refractivity contribution in [2.75, 3.05) is 19.7 Å².